The molecule has 0 aromatic carbocycles. The minimum atomic E-state index is -0.499. The van der Waals surface area contributed by atoms with Gasteiger partial charge >= 0.3 is 17.6 Å². The third-order valence-electron chi connectivity index (χ3n) is 0.909. The SMILES string of the molecule is CC(=O)OSOC(C)=O.O=c1cccco1. The molecule has 0 radical (unpaired) electrons. The van der Waals surface area contributed by atoms with Crippen LogP contribution in [0.2, 0.25) is 0 Å². The number of hydrogen-bond acceptors (Lipinski definition) is 7. The second kappa shape index (κ2) is 8.54. The maximum atomic E-state index is 10.1. The molecule has 0 atom stereocenters. The van der Waals surface area contributed by atoms with E-state index in [1.165, 1.54) is 26.2 Å². The van der Waals surface area contributed by atoms with Gasteiger partial charge in [-0.25, -0.2) is 4.79 Å². The summed E-state index contributed by atoms with van der Waals surface area (Å²) < 4.78 is 12.7. The van der Waals surface area contributed by atoms with Crippen LogP contribution in [0.25, 0.3) is 0 Å². The zero-order valence-electron chi connectivity index (χ0n) is 8.67. The zero-order valence-corrected chi connectivity index (χ0v) is 9.48. The van der Waals surface area contributed by atoms with Crippen molar-refractivity contribution >= 4 is 24.3 Å². The van der Waals surface area contributed by atoms with Gasteiger partial charge in [0, 0.05) is 19.9 Å². The van der Waals surface area contributed by atoms with Crippen LogP contribution in [-0.2, 0) is 18.0 Å². The van der Waals surface area contributed by atoms with Gasteiger partial charge < -0.3 is 12.8 Å². The zero-order chi connectivity index (χ0) is 12.4. The van der Waals surface area contributed by atoms with Gasteiger partial charge in [-0.15, -0.1) is 0 Å². The highest BCUT2D eigenvalue weighted by Gasteiger charge is 1.97. The molecule has 7 heteroatoms. The molecule has 0 aliphatic carbocycles. The maximum absolute atomic E-state index is 10.1. The molecule has 1 aromatic rings. The van der Waals surface area contributed by atoms with E-state index in [4.69, 9.17) is 0 Å². The van der Waals surface area contributed by atoms with E-state index in [2.05, 4.69) is 12.8 Å². The average Bonchev–Trinajstić information content (AvgIpc) is 2.18. The van der Waals surface area contributed by atoms with Crippen molar-refractivity contribution in [1.29, 1.82) is 0 Å². The van der Waals surface area contributed by atoms with Crippen molar-refractivity contribution in [3.8, 4) is 0 Å². The lowest BCUT2D eigenvalue weighted by Crippen LogP contribution is -1.94. The fourth-order valence-electron chi connectivity index (χ4n) is 0.438. The van der Waals surface area contributed by atoms with Gasteiger partial charge in [-0.05, 0) is 6.07 Å². The fourth-order valence-corrected chi connectivity index (χ4v) is 0.664. The predicted molar refractivity (Wildman–Crippen MR) is 56.1 cm³/mol. The molecule has 0 unspecified atom stereocenters. The van der Waals surface area contributed by atoms with Crippen molar-refractivity contribution < 1.29 is 22.4 Å². The molecule has 0 fully saturated rings. The quantitative estimate of drug-likeness (QED) is 0.727. The van der Waals surface area contributed by atoms with E-state index < -0.39 is 11.9 Å². The number of hydrogen-bond donors (Lipinski definition) is 0. The summed E-state index contributed by atoms with van der Waals surface area (Å²) in [5.74, 6) is -0.998. The van der Waals surface area contributed by atoms with Crippen molar-refractivity contribution in [3.05, 3.63) is 34.9 Å². The Kier molecular flexibility index (Phi) is 7.60. The van der Waals surface area contributed by atoms with Crippen LogP contribution >= 0.6 is 12.3 Å². The van der Waals surface area contributed by atoms with E-state index >= 15 is 0 Å². The van der Waals surface area contributed by atoms with Gasteiger partial charge in [0.05, 0.1) is 6.26 Å². The van der Waals surface area contributed by atoms with E-state index in [1.54, 1.807) is 12.1 Å². The predicted octanol–water partition coefficient (Wildman–Crippen LogP) is 1.32. The van der Waals surface area contributed by atoms with E-state index in [0.717, 1.165) is 0 Å². The minimum absolute atomic E-state index is 0.303. The van der Waals surface area contributed by atoms with Crippen molar-refractivity contribution in [2.24, 2.45) is 0 Å². The summed E-state index contributed by atoms with van der Waals surface area (Å²) in [6.07, 6.45) is 1.35. The Balaban J connectivity index is 0.000000288. The molecular formula is C9H10O6S. The molecule has 0 bridgehead atoms. The van der Waals surface area contributed by atoms with E-state index in [0.29, 0.717) is 12.3 Å². The van der Waals surface area contributed by atoms with Crippen molar-refractivity contribution in [2.75, 3.05) is 0 Å². The first-order chi connectivity index (χ1) is 7.52. The molecule has 0 spiro atoms. The summed E-state index contributed by atoms with van der Waals surface area (Å²) in [6.45, 7) is 2.44. The molecule has 1 heterocycles. The van der Waals surface area contributed by atoms with Gasteiger partial charge in [-0.1, -0.05) is 6.07 Å². The summed E-state index contributed by atoms with van der Waals surface area (Å²) in [6, 6.07) is 4.65. The molecule has 0 aliphatic rings. The lowest BCUT2D eigenvalue weighted by Gasteiger charge is -1.94. The Morgan fingerprint density at radius 2 is 1.75 bits per heavy atom. The Hall–Kier alpha value is -1.76. The highest BCUT2D eigenvalue weighted by Crippen LogP contribution is 2.03. The smallest absolute Gasteiger partial charge is 0.335 e. The van der Waals surface area contributed by atoms with Crippen molar-refractivity contribution in [2.45, 2.75) is 13.8 Å². The molecule has 1 rings (SSSR count). The Morgan fingerprint density at radius 3 is 2.00 bits per heavy atom. The van der Waals surface area contributed by atoms with Crippen molar-refractivity contribution in [1.82, 2.24) is 0 Å². The van der Waals surface area contributed by atoms with E-state index in [9.17, 15) is 14.4 Å². The van der Waals surface area contributed by atoms with Gasteiger partial charge in [0.2, 0.25) is 0 Å². The standard InChI is InChI=1S/C5H4O2.C4H6O4S/c6-5-3-1-2-4-7-5;1-3(5)7-9-8-4(2)6/h1-4H;1-2H3. The fraction of sp³-hybridized carbons (Fsp3) is 0.222. The summed E-state index contributed by atoms with van der Waals surface area (Å²) in [5.41, 5.74) is -0.303. The molecule has 16 heavy (non-hydrogen) atoms. The van der Waals surface area contributed by atoms with Crippen LogP contribution in [0.4, 0.5) is 0 Å². The first-order valence-electron chi connectivity index (χ1n) is 4.08. The van der Waals surface area contributed by atoms with Crippen LogP contribution in [0.1, 0.15) is 13.8 Å². The summed E-state index contributed by atoms with van der Waals surface area (Å²) in [7, 11) is 0. The Labute approximate surface area is 96.0 Å². The molecule has 0 aliphatic heterocycles. The van der Waals surface area contributed by atoms with Crippen LogP contribution in [0.15, 0.2) is 33.7 Å². The van der Waals surface area contributed by atoms with Crippen LogP contribution in [0.3, 0.4) is 0 Å². The first kappa shape index (κ1) is 14.2. The summed E-state index contributed by atoms with van der Waals surface area (Å²) in [4.78, 5) is 30.1. The third-order valence-corrected chi connectivity index (χ3v) is 1.51. The molecule has 0 saturated heterocycles. The largest absolute Gasteiger partial charge is 0.431 e. The van der Waals surface area contributed by atoms with Gasteiger partial charge in [0.25, 0.3) is 12.3 Å². The van der Waals surface area contributed by atoms with Crippen LogP contribution < -0.4 is 5.63 Å². The number of rotatable bonds is 2. The summed E-state index contributed by atoms with van der Waals surface area (Å²) in [5, 5.41) is 0. The average molecular weight is 246 g/mol. The Morgan fingerprint density at radius 1 is 1.19 bits per heavy atom. The topological polar surface area (TPSA) is 82.8 Å². The van der Waals surface area contributed by atoms with Gasteiger partial charge in [-0.3, -0.25) is 9.59 Å². The lowest BCUT2D eigenvalue weighted by atomic mass is 10.5. The highest BCUT2D eigenvalue weighted by atomic mass is 32.2. The second-order valence-corrected chi connectivity index (χ2v) is 2.81. The normalized spacial score (nSPS) is 8.38. The molecular weight excluding hydrogens is 236 g/mol. The van der Waals surface area contributed by atoms with Gasteiger partial charge in [0.1, 0.15) is 0 Å². The highest BCUT2D eigenvalue weighted by molar-refractivity contribution is 7.90. The molecule has 88 valence electrons. The van der Waals surface area contributed by atoms with E-state index in [1.807, 2.05) is 0 Å². The minimum Gasteiger partial charge on any atom is -0.431 e. The first-order valence-corrected chi connectivity index (χ1v) is 4.75. The maximum Gasteiger partial charge on any atom is 0.335 e. The molecule has 0 saturated carbocycles. The van der Waals surface area contributed by atoms with Gasteiger partial charge in [0.15, 0.2) is 0 Å². The molecule has 6 nitrogen and oxygen atoms in total. The second-order valence-electron chi connectivity index (χ2n) is 2.34. The third kappa shape index (κ3) is 10.3. The van der Waals surface area contributed by atoms with Crippen molar-refractivity contribution in [3.63, 3.8) is 0 Å². The summed E-state index contributed by atoms with van der Waals surface area (Å²) >= 11 is 0.370. The van der Waals surface area contributed by atoms with Gasteiger partial charge in [-0.2, -0.15) is 0 Å². The van der Waals surface area contributed by atoms with Crippen LogP contribution in [-0.4, -0.2) is 11.9 Å². The molecule has 0 amide bonds. The monoisotopic (exact) mass is 246 g/mol. The Bertz CT molecular complexity index is 354. The lowest BCUT2D eigenvalue weighted by molar-refractivity contribution is -0.133. The number of carbonyl (C=O) groups excluding carboxylic acids is 2. The van der Waals surface area contributed by atoms with E-state index in [-0.39, 0.29) is 5.63 Å². The van der Waals surface area contributed by atoms with Crippen LogP contribution in [0.5, 0.6) is 0 Å². The molecule has 1 aromatic heterocycles. The van der Waals surface area contributed by atoms with Crippen LogP contribution in [0, 0.1) is 0 Å². The number of carbonyl (C=O) groups is 2. The molecule has 0 N–H and O–H groups in total.